The molecule has 12 heteroatoms. The molecule has 3 N–H and O–H groups in total. The molecule has 0 spiro atoms. The van der Waals surface area contributed by atoms with E-state index in [9.17, 15) is 14.4 Å². The number of thioether (sulfide) groups is 1. The zero-order valence-electron chi connectivity index (χ0n) is 24.1. The number of aromatic nitrogens is 1. The van der Waals surface area contributed by atoms with Crippen LogP contribution in [-0.2, 0) is 9.59 Å². The average molecular weight is 708 g/mol. The standard InChI is InChI=1S/C34H25Cl3N4O3S2/c1-20(31(42)41-34-40-29(19-45-34)21-10-12-24(35)13-11-21)46-26-16-14-25(15-17-26)38-33(44)28(18-23-8-5-9-27(36)30(23)37)39-32(43)22-6-3-2-4-7-22/h2-20H,1H3,(H,38,44)(H,39,43)(H,40,41,42)/b28-18-. The van der Waals surface area contributed by atoms with Gasteiger partial charge in [-0.1, -0.05) is 77.3 Å². The summed E-state index contributed by atoms with van der Waals surface area (Å²) in [6.07, 6.45) is 1.47. The van der Waals surface area contributed by atoms with Crippen LogP contribution in [0.25, 0.3) is 17.3 Å². The molecule has 0 bridgehead atoms. The van der Waals surface area contributed by atoms with Gasteiger partial charge in [0.2, 0.25) is 5.91 Å². The molecule has 0 aliphatic carbocycles. The van der Waals surface area contributed by atoms with Gasteiger partial charge < -0.3 is 16.0 Å². The molecule has 5 rings (SSSR count). The molecule has 7 nitrogen and oxygen atoms in total. The van der Waals surface area contributed by atoms with Gasteiger partial charge in [-0.05, 0) is 73.2 Å². The minimum absolute atomic E-state index is 0.0248. The largest absolute Gasteiger partial charge is 0.321 e. The third-order valence-electron chi connectivity index (χ3n) is 6.48. The van der Waals surface area contributed by atoms with E-state index in [1.165, 1.54) is 29.2 Å². The number of benzene rings is 4. The maximum absolute atomic E-state index is 13.4. The fourth-order valence-corrected chi connectivity index (χ4v) is 6.17. The molecule has 0 saturated heterocycles. The second kappa shape index (κ2) is 15.4. The smallest absolute Gasteiger partial charge is 0.272 e. The first-order valence-corrected chi connectivity index (χ1v) is 16.7. The first kappa shape index (κ1) is 33.2. The molecule has 0 aliphatic heterocycles. The van der Waals surface area contributed by atoms with Gasteiger partial charge in [0.25, 0.3) is 11.8 Å². The summed E-state index contributed by atoms with van der Waals surface area (Å²) in [6.45, 7) is 1.80. The third kappa shape index (κ3) is 8.78. The zero-order valence-corrected chi connectivity index (χ0v) is 28.0. The van der Waals surface area contributed by atoms with Crippen LogP contribution in [0.5, 0.6) is 0 Å². The summed E-state index contributed by atoms with van der Waals surface area (Å²) in [4.78, 5) is 44.5. The van der Waals surface area contributed by atoms with Gasteiger partial charge in [0, 0.05) is 32.1 Å². The van der Waals surface area contributed by atoms with E-state index in [2.05, 4.69) is 20.9 Å². The van der Waals surface area contributed by atoms with Crippen molar-refractivity contribution in [3.05, 3.63) is 134 Å². The van der Waals surface area contributed by atoms with Crippen molar-refractivity contribution < 1.29 is 14.4 Å². The summed E-state index contributed by atoms with van der Waals surface area (Å²) < 4.78 is 0. The van der Waals surface area contributed by atoms with E-state index in [0.717, 1.165) is 16.2 Å². The van der Waals surface area contributed by atoms with Gasteiger partial charge in [-0.3, -0.25) is 14.4 Å². The number of nitrogens with one attached hydrogen (secondary N) is 3. The zero-order chi connectivity index (χ0) is 32.6. The van der Waals surface area contributed by atoms with Gasteiger partial charge in [0.1, 0.15) is 5.70 Å². The topological polar surface area (TPSA) is 100 Å². The highest BCUT2D eigenvalue weighted by atomic mass is 35.5. The van der Waals surface area contributed by atoms with Crippen LogP contribution < -0.4 is 16.0 Å². The molecule has 4 aromatic carbocycles. The minimum atomic E-state index is -0.560. The Hall–Kier alpha value is -4.12. The van der Waals surface area contributed by atoms with Crippen molar-refractivity contribution in [1.82, 2.24) is 10.3 Å². The monoisotopic (exact) mass is 706 g/mol. The molecule has 1 aromatic heterocycles. The van der Waals surface area contributed by atoms with Gasteiger partial charge in [-0.2, -0.15) is 0 Å². The van der Waals surface area contributed by atoms with Crippen molar-refractivity contribution in [2.24, 2.45) is 0 Å². The van der Waals surface area contributed by atoms with Gasteiger partial charge >= 0.3 is 0 Å². The van der Waals surface area contributed by atoms with Crippen LogP contribution >= 0.6 is 57.9 Å². The second-order valence-corrected chi connectivity index (χ2v) is 13.3. The number of hydrogen-bond donors (Lipinski definition) is 3. The maximum atomic E-state index is 13.4. The lowest BCUT2D eigenvalue weighted by molar-refractivity contribution is -0.115. The van der Waals surface area contributed by atoms with Gasteiger partial charge in [-0.25, -0.2) is 4.98 Å². The Morgan fingerprint density at radius 1 is 0.848 bits per heavy atom. The molecular weight excluding hydrogens is 683 g/mol. The van der Waals surface area contributed by atoms with E-state index < -0.39 is 17.1 Å². The fourth-order valence-electron chi connectivity index (χ4n) is 4.09. The molecule has 3 amide bonds. The van der Waals surface area contributed by atoms with E-state index in [1.807, 2.05) is 17.5 Å². The van der Waals surface area contributed by atoms with Crippen molar-refractivity contribution in [3.63, 3.8) is 0 Å². The minimum Gasteiger partial charge on any atom is -0.321 e. The number of rotatable bonds is 10. The lowest BCUT2D eigenvalue weighted by atomic mass is 10.1. The quantitative estimate of drug-likeness (QED) is 0.0993. The molecule has 0 saturated carbocycles. The summed E-state index contributed by atoms with van der Waals surface area (Å²) in [5.74, 6) is -1.21. The summed E-state index contributed by atoms with van der Waals surface area (Å²) in [5, 5.41) is 11.5. The summed E-state index contributed by atoms with van der Waals surface area (Å²) >= 11 is 21.2. The number of anilines is 2. The molecular formula is C34H25Cl3N4O3S2. The fraction of sp³-hybridized carbons (Fsp3) is 0.0588. The number of thiazole rings is 1. The number of carbonyl (C=O) groups excluding carboxylic acids is 3. The van der Waals surface area contributed by atoms with Crippen LogP contribution in [0.4, 0.5) is 10.8 Å². The average Bonchev–Trinajstić information content (AvgIpc) is 3.52. The van der Waals surface area contributed by atoms with Crippen LogP contribution in [0.3, 0.4) is 0 Å². The van der Waals surface area contributed by atoms with Crippen LogP contribution in [0, 0.1) is 0 Å². The maximum Gasteiger partial charge on any atom is 0.272 e. The molecule has 0 radical (unpaired) electrons. The Labute approximate surface area is 289 Å². The summed E-state index contributed by atoms with van der Waals surface area (Å²) in [5.41, 5.74) is 2.97. The van der Waals surface area contributed by atoms with E-state index >= 15 is 0 Å². The molecule has 1 heterocycles. The van der Waals surface area contributed by atoms with Gasteiger partial charge in [0.15, 0.2) is 5.13 Å². The van der Waals surface area contributed by atoms with Crippen LogP contribution in [0.2, 0.25) is 15.1 Å². The normalized spacial score (nSPS) is 11.9. The molecule has 0 aliphatic rings. The van der Waals surface area contributed by atoms with E-state index in [0.29, 0.717) is 32.0 Å². The Morgan fingerprint density at radius 2 is 1.57 bits per heavy atom. The molecule has 232 valence electrons. The predicted octanol–water partition coefficient (Wildman–Crippen LogP) is 9.30. The number of halogens is 3. The van der Waals surface area contributed by atoms with Crippen molar-refractivity contribution in [2.45, 2.75) is 17.1 Å². The molecule has 5 aromatic rings. The highest BCUT2D eigenvalue weighted by molar-refractivity contribution is 8.00. The van der Waals surface area contributed by atoms with Crippen molar-refractivity contribution in [1.29, 1.82) is 0 Å². The Balaban J connectivity index is 1.23. The van der Waals surface area contributed by atoms with Crippen LogP contribution in [0.15, 0.2) is 113 Å². The summed E-state index contributed by atoms with van der Waals surface area (Å²) in [6, 6.07) is 27.9. The van der Waals surface area contributed by atoms with Crippen molar-refractivity contribution in [2.75, 3.05) is 10.6 Å². The summed E-state index contributed by atoms with van der Waals surface area (Å²) in [7, 11) is 0. The lowest BCUT2D eigenvalue weighted by Crippen LogP contribution is -2.30. The van der Waals surface area contributed by atoms with Crippen molar-refractivity contribution in [3.8, 4) is 11.3 Å². The Kier molecular flexibility index (Phi) is 11.2. The number of nitrogens with zero attached hydrogens (tertiary/aromatic N) is 1. The van der Waals surface area contributed by atoms with Crippen LogP contribution in [-0.4, -0.2) is 28.0 Å². The Morgan fingerprint density at radius 3 is 2.28 bits per heavy atom. The number of carbonyl (C=O) groups is 3. The molecule has 0 fully saturated rings. The van der Waals surface area contributed by atoms with Gasteiger partial charge in [-0.15, -0.1) is 23.1 Å². The van der Waals surface area contributed by atoms with Gasteiger partial charge in [0.05, 0.1) is 21.0 Å². The van der Waals surface area contributed by atoms with E-state index in [-0.39, 0.29) is 16.6 Å². The van der Waals surface area contributed by atoms with E-state index in [1.54, 1.807) is 91.9 Å². The SMILES string of the molecule is CC(Sc1ccc(NC(=O)/C(=C/c2cccc(Cl)c2Cl)NC(=O)c2ccccc2)cc1)C(=O)Nc1nc(-c2ccc(Cl)cc2)cs1. The third-order valence-corrected chi connectivity index (χ3v) is 9.43. The highest BCUT2D eigenvalue weighted by Gasteiger charge is 2.18. The second-order valence-electron chi connectivity index (χ2n) is 9.79. The van der Waals surface area contributed by atoms with E-state index in [4.69, 9.17) is 34.8 Å². The highest BCUT2D eigenvalue weighted by Crippen LogP contribution is 2.30. The molecule has 1 atom stereocenters. The lowest BCUT2D eigenvalue weighted by Gasteiger charge is -2.13. The predicted molar refractivity (Wildman–Crippen MR) is 190 cm³/mol. The molecule has 46 heavy (non-hydrogen) atoms. The first-order valence-electron chi connectivity index (χ1n) is 13.8. The number of hydrogen-bond acceptors (Lipinski definition) is 6. The first-order chi connectivity index (χ1) is 22.2. The van der Waals surface area contributed by atoms with Crippen LogP contribution in [0.1, 0.15) is 22.8 Å². The Bertz CT molecular complexity index is 1900. The van der Waals surface area contributed by atoms with Crippen molar-refractivity contribution >= 4 is 92.5 Å². The number of amides is 3. The molecule has 1 unspecified atom stereocenters.